The first-order chi connectivity index (χ1) is 14.9. The van der Waals surface area contributed by atoms with Crippen molar-refractivity contribution in [1.82, 2.24) is 10.6 Å². The van der Waals surface area contributed by atoms with Gasteiger partial charge >= 0.3 is 0 Å². The number of aliphatic hydroxyl groups excluding tert-OH is 1. The average Bonchev–Trinajstić information content (AvgIpc) is 2.78. The van der Waals surface area contributed by atoms with Crippen LogP contribution in [0.2, 0.25) is 0 Å². The molecule has 2 atom stereocenters. The number of nitrogens with one attached hydrogen (secondary N) is 2. The molecule has 0 saturated carbocycles. The molecule has 1 amide bonds. The topological polar surface area (TPSA) is 81.6 Å². The van der Waals surface area contributed by atoms with Crippen LogP contribution in [-0.2, 0) is 10.4 Å². The molecule has 5 nitrogen and oxygen atoms in total. The van der Waals surface area contributed by atoms with E-state index >= 15 is 4.39 Å². The summed E-state index contributed by atoms with van der Waals surface area (Å²) in [6.45, 7) is 2.89. The van der Waals surface area contributed by atoms with Gasteiger partial charge in [-0.05, 0) is 62.9 Å². The van der Waals surface area contributed by atoms with Gasteiger partial charge in [-0.25, -0.2) is 8.78 Å². The molecule has 1 aliphatic heterocycles. The standard InChI is InChI=1S/C24H30F2N2O3/c1-16-8-9-20(25)18(13-16)23-19(6-2-7-21(23)26)24(31,17-5-3-11-27-14-17)10-4-12-28-22(30)15-29/h2,6-9,13,17,27,29,31H,3-5,10-12,14-15H2,1H3,(H,28,30)/t17-,24?/m1/s1. The molecule has 1 fully saturated rings. The number of halogens is 2. The van der Waals surface area contributed by atoms with Gasteiger partial charge in [-0.15, -0.1) is 0 Å². The first-order valence-electron chi connectivity index (χ1n) is 10.7. The van der Waals surface area contributed by atoms with Gasteiger partial charge in [-0.1, -0.05) is 23.8 Å². The predicted molar refractivity (Wildman–Crippen MR) is 115 cm³/mol. The van der Waals surface area contributed by atoms with Crippen molar-refractivity contribution in [3.63, 3.8) is 0 Å². The number of aryl methyl sites for hydroxylation is 1. The highest BCUT2D eigenvalue weighted by Gasteiger charge is 2.41. The second-order valence-corrected chi connectivity index (χ2v) is 8.22. The Kier molecular flexibility index (Phi) is 7.75. The van der Waals surface area contributed by atoms with Crippen molar-refractivity contribution in [3.8, 4) is 11.1 Å². The van der Waals surface area contributed by atoms with E-state index in [4.69, 9.17) is 5.11 Å². The third kappa shape index (κ3) is 5.29. The molecule has 0 bridgehead atoms. The molecule has 2 aromatic rings. The second kappa shape index (κ2) is 10.3. The van der Waals surface area contributed by atoms with Crippen molar-refractivity contribution in [1.29, 1.82) is 0 Å². The molecule has 7 heteroatoms. The highest BCUT2D eigenvalue weighted by Crippen LogP contribution is 2.43. The van der Waals surface area contributed by atoms with Gasteiger partial charge in [0.05, 0.1) is 5.60 Å². The lowest BCUT2D eigenvalue weighted by molar-refractivity contribution is -0.123. The Morgan fingerprint density at radius 2 is 2.06 bits per heavy atom. The van der Waals surface area contributed by atoms with E-state index in [1.165, 1.54) is 18.2 Å². The van der Waals surface area contributed by atoms with Crippen LogP contribution in [0.25, 0.3) is 11.1 Å². The summed E-state index contributed by atoms with van der Waals surface area (Å²) in [5, 5.41) is 26.7. The van der Waals surface area contributed by atoms with E-state index in [-0.39, 0.29) is 30.0 Å². The molecule has 1 saturated heterocycles. The molecular weight excluding hydrogens is 402 g/mol. The summed E-state index contributed by atoms with van der Waals surface area (Å²) in [7, 11) is 0. The molecule has 4 N–H and O–H groups in total. The smallest absolute Gasteiger partial charge is 0.245 e. The van der Waals surface area contributed by atoms with Gasteiger partial charge in [0.25, 0.3) is 0 Å². The van der Waals surface area contributed by atoms with Crippen LogP contribution in [0.1, 0.15) is 36.8 Å². The van der Waals surface area contributed by atoms with Gasteiger partial charge in [0.1, 0.15) is 18.2 Å². The van der Waals surface area contributed by atoms with Crippen LogP contribution in [-0.4, -0.2) is 42.4 Å². The lowest BCUT2D eigenvalue weighted by atomic mass is 9.72. The van der Waals surface area contributed by atoms with E-state index < -0.39 is 29.7 Å². The lowest BCUT2D eigenvalue weighted by Gasteiger charge is -2.40. The van der Waals surface area contributed by atoms with E-state index in [2.05, 4.69) is 10.6 Å². The third-order valence-electron chi connectivity index (χ3n) is 6.04. The molecule has 31 heavy (non-hydrogen) atoms. The van der Waals surface area contributed by atoms with E-state index in [9.17, 15) is 14.3 Å². The molecule has 2 aromatic carbocycles. The van der Waals surface area contributed by atoms with Gasteiger partial charge in [-0.2, -0.15) is 0 Å². The second-order valence-electron chi connectivity index (χ2n) is 8.22. The summed E-state index contributed by atoms with van der Waals surface area (Å²) >= 11 is 0. The average molecular weight is 433 g/mol. The van der Waals surface area contributed by atoms with Crippen molar-refractivity contribution in [2.75, 3.05) is 26.2 Å². The van der Waals surface area contributed by atoms with Crippen LogP contribution < -0.4 is 10.6 Å². The Labute approximate surface area is 181 Å². The maximum Gasteiger partial charge on any atom is 0.245 e. The summed E-state index contributed by atoms with van der Waals surface area (Å²) in [5.74, 6) is -1.81. The van der Waals surface area contributed by atoms with Crippen LogP contribution in [0.15, 0.2) is 36.4 Å². The zero-order valence-corrected chi connectivity index (χ0v) is 17.8. The van der Waals surface area contributed by atoms with Crippen LogP contribution in [0, 0.1) is 24.5 Å². The maximum absolute atomic E-state index is 15.1. The van der Waals surface area contributed by atoms with Gasteiger partial charge in [-0.3, -0.25) is 4.79 Å². The number of hydrogen-bond acceptors (Lipinski definition) is 4. The van der Waals surface area contributed by atoms with Crippen molar-refractivity contribution in [2.45, 2.75) is 38.2 Å². The summed E-state index contributed by atoms with van der Waals surface area (Å²) in [6, 6.07) is 9.02. The molecule has 1 aliphatic rings. The molecule has 0 spiro atoms. The fraction of sp³-hybridized carbons (Fsp3) is 0.458. The Morgan fingerprint density at radius 1 is 1.26 bits per heavy atom. The number of aliphatic hydroxyl groups is 2. The van der Waals surface area contributed by atoms with Crippen molar-refractivity contribution < 1.29 is 23.8 Å². The number of carbonyl (C=O) groups excluding carboxylic acids is 1. The summed E-state index contributed by atoms with van der Waals surface area (Å²) in [5.41, 5.74) is -0.0511. The van der Waals surface area contributed by atoms with Crippen molar-refractivity contribution in [3.05, 3.63) is 59.2 Å². The Hall–Kier alpha value is -2.35. The van der Waals surface area contributed by atoms with Gasteiger partial charge in [0, 0.05) is 30.1 Å². The Bertz CT molecular complexity index is 916. The summed E-state index contributed by atoms with van der Waals surface area (Å²) in [6.07, 6.45) is 2.30. The largest absolute Gasteiger partial charge is 0.387 e. The summed E-state index contributed by atoms with van der Waals surface area (Å²) < 4.78 is 29.9. The predicted octanol–water partition coefficient (Wildman–Crippen LogP) is 3.02. The molecular formula is C24H30F2N2O3. The van der Waals surface area contributed by atoms with Crippen LogP contribution >= 0.6 is 0 Å². The van der Waals surface area contributed by atoms with E-state index in [0.29, 0.717) is 18.5 Å². The van der Waals surface area contributed by atoms with E-state index in [1.54, 1.807) is 18.2 Å². The van der Waals surface area contributed by atoms with Crippen LogP contribution in [0.4, 0.5) is 8.78 Å². The number of benzene rings is 2. The summed E-state index contributed by atoms with van der Waals surface area (Å²) in [4.78, 5) is 11.3. The number of carbonyl (C=O) groups is 1. The van der Waals surface area contributed by atoms with Crippen molar-refractivity contribution >= 4 is 5.91 Å². The molecule has 3 rings (SSSR count). The molecule has 1 heterocycles. The van der Waals surface area contributed by atoms with E-state index in [0.717, 1.165) is 24.9 Å². The zero-order valence-electron chi connectivity index (χ0n) is 17.8. The third-order valence-corrected chi connectivity index (χ3v) is 6.04. The number of rotatable bonds is 8. The highest BCUT2D eigenvalue weighted by molar-refractivity contribution is 5.76. The number of piperidine rings is 1. The molecule has 1 unspecified atom stereocenters. The minimum atomic E-state index is -1.41. The number of hydrogen-bond donors (Lipinski definition) is 4. The Balaban J connectivity index is 2.03. The van der Waals surface area contributed by atoms with Gasteiger partial charge < -0.3 is 20.8 Å². The molecule has 0 radical (unpaired) electrons. The SMILES string of the molecule is Cc1ccc(F)c(-c2c(F)cccc2C(O)(CCCNC(=O)CO)[C@@H]2CCCNC2)c1. The minimum Gasteiger partial charge on any atom is -0.387 e. The van der Waals surface area contributed by atoms with E-state index in [1.807, 2.05) is 6.92 Å². The van der Waals surface area contributed by atoms with Crippen LogP contribution in [0.3, 0.4) is 0 Å². The quantitative estimate of drug-likeness (QED) is 0.484. The highest BCUT2D eigenvalue weighted by atomic mass is 19.1. The molecule has 0 aliphatic carbocycles. The monoisotopic (exact) mass is 432 g/mol. The fourth-order valence-corrected chi connectivity index (χ4v) is 4.45. The lowest BCUT2D eigenvalue weighted by Crippen LogP contribution is -2.45. The normalized spacial score (nSPS) is 18.4. The van der Waals surface area contributed by atoms with Crippen LogP contribution in [0.5, 0.6) is 0 Å². The zero-order chi connectivity index (χ0) is 22.4. The fourth-order valence-electron chi connectivity index (χ4n) is 4.45. The molecule has 0 aromatic heterocycles. The van der Waals surface area contributed by atoms with Crippen molar-refractivity contribution in [2.24, 2.45) is 5.92 Å². The molecule has 168 valence electrons. The van der Waals surface area contributed by atoms with Gasteiger partial charge in [0.15, 0.2) is 0 Å². The maximum atomic E-state index is 15.1. The number of amides is 1. The van der Waals surface area contributed by atoms with Gasteiger partial charge in [0.2, 0.25) is 5.91 Å². The first-order valence-corrected chi connectivity index (χ1v) is 10.7. The minimum absolute atomic E-state index is 0.0798. The first kappa shape index (κ1) is 23.3. The Morgan fingerprint density at radius 3 is 2.77 bits per heavy atom.